The molecule has 3 unspecified atom stereocenters. The SMILES string of the molecule is CCCC1=C(C(N)=O)C2=[C-]C3=C4C(=O)c5c([O-])c(NC=O)cc(C)c5CC4CC(C1)C23C. The summed E-state index contributed by atoms with van der Waals surface area (Å²) in [5.41, 5.74) is 11.3. The van der Waals surface area contributed by atoms with Crippen molar-refractivity contribution in [3.8, 4) is 5.75 Å². The summed E-state index contributed by atoms with van der Waals surface area (Å²) in [5.74, 6) is -0.812. The Morgan fingerprint density at radius 3 is 2.81 bits per heavy atom. The minimum Gasteiger partial charge on any atom is -0.871 e. The van der Waals surface area contributed by atoms with E-state index < -0.39 is 17.1 Å². The fourth-order valence-corrected chi connectivity index (χ4v) is 6.49. The Hall–Kier alpha value is -3.15. The van der Waals surface area contributed by atoms with Crippen LogP contribution >= 0.6 is 0 Å². The number of ketones is 1. The zero-order valence-electron chi connectivity index (χ0n) is 18.6. The number of amides is 2. The number of primary amides is 1. The number of Topliss-reactive ketones (excluding diaryl/α,β-unsaturated/α-hetero) is 1. The number of benzene rings is 1. The first-order valence-electron chi connectivity index (χ1n) is 11.2. The molecule has 0 aliphatic heterocycles. The second-order valence-electron chi connectivity index (χ2n) is 9.64. The van der Waals surface area contributed by atoms with Crippen molar-refractivity contribution >= 4 is 23.8 Å². The molecule has 0 fully saturated rings. The molecule has 166 valence electrons. The number of fused-ring (bicyclic) bond motifs is 2. The van der Waals surface area contributed by atoms with Gasteiger partial charge in [0, 0.05) is 11.3 Å². The van der Waals surface area contributed by atoms with Crippen LogP contribution in [0.2, 0.25) is 0 Å². The topological polar surface area (TPSA) is 112 Å². The van der Waals surface area contributed by atoms with Crippen molar-refractivity contribution < 1.29 is 19.5 Å². The van der Waals surface area contributed by atoms with E-state index in [1.54, 1.807) is 6.07 Å². The van der Waals surface area contributed by atoms with Crippen LogP contribution in [-0.2, 0) is 16.0 Å². The highest BCUT2D eigenvalue weighted by molar-refractivity contribution is 6.15. The van der Waals surface area contributed by atoms with Gasteiger partial charge in [-0.1, -0.05) is 49.5 Å². The van der Waals surface area contributed by atoms with E-state index in [2.05, 4.69) is 25.2 Å². The van der Waals surface area contributed by atoms with E-state index in [9.17, 15) is 19.5 Å². The average molecular weight is 431 g/mol. The first kappa shape index (κ1) is 20.7. The van der Waals surface area contributed by atoms with E-state index in [4.69, 9.17) is 5.73 Å². The second kappa shape index (κ2) is 6.92. The molecule has 0 bridgehead atoms. The van der Waals surface area contributed by atoms with Gasteiger partial charge in [-0.05, 0) is 54.7 Å². The minimum absolute atomic E-state index is 0.0260. The first-order valence-corrected chi connectivity index (χ1v) is 11.2. The molecule has 6 nitrogen and oxygen atoms in total. The number of nitrogens with one attached hydrogen (secondary N) is 1. The molecule has 0 aromatic heterocycles. The lowest BCUT2D eigenvalue weighted by atomic mass is 9.46. The summed E-state index contributed by atoms with van der Waals surface area (Å²) in [6.07, 6.45) is 7.83. The number of nitrogens with two attached hydrogens (primary N) is 1. The Morgan fingerprint density at radius 2 is 2.16 bits per heavy atom. The summed E-state index contributed by atoms with van der Waals surface area (Å²) >= 11 is 0. The van der Waals surface area contributed by atoms with Gasteiger partial charge in [-0.25, -0.2) is 0 Å². The molecule has 3 atom stereocenters. The lowest BCUT2D eigenvalue weighted by molar-refractivity contribution is -0.267. The van der Waals surface area contributed by atoms with Crippen LogP contribution in [0.25, 0.3) is 0 Å². The summed E-state index contributed by atoms with van der Waals surface area (Å²) in [4.78, 5) is 36.9. The average Bonchev–Trinajstić information content (AvgIpc) is 2.73. The monoisotopic (exact) mass is 430 g/mol. The first-order chi connectivity index (χ1) is 15.2. The molecule has 0 saturated heterocycles. The maximum atomic E-state index is 13.7. The predicted octanol–water partition coefficient (Wildman–Crippen LogP) is 3.04. The third-order valence-electron chi connectivity index (χ3n) is 7.99. The molecule has 32 heavy (non-hydrogen) atoms. The smallest absolute Gasteiger partial charge is 0.211 e. The van der Waals surface area contributed by atoms with E-state index in [1.165, 1.54) is 0 Å². The van der Waals surface area contributed by atoms with Crippen LogP contribution in [0, 0.1) is 30.3 Å². The van der Waals surface area contributed by atoms with Gasteiger partial charge in [-0.3, -0.25) is 9.59 Å². The highest BCUT2D eigenvalue weighted by atomic mass is 16.3. The van der Waals surface area contributed by atoms with Crippen molar-refractivity contribution in [3.05, 3.63) is 56.7 Å². The van der Waals surface area contributed by atoms with E-state index >= 15 is 0 Å². The Labute approximate surface area is 187 Å². The summed E-state index contributed by atoms with van der Waals surface area (Å²) in [6, 6.07) is 1.66. The molecule has 0 radical (unpaired) electrons. The number of aryl methyl sites for hydroxylation is 1. The van der Waals surface area contributed by atoms with Crippen LogP contribution in [-0.4, -0.2) is 18.1 Å². The largest absolute Gasteiger partial charge is 0.871 e. The maximum absolute atomic E-state index is 13.7. The van der Waals surface area contributed by atoms with Crippen LogP contribution < -0.4 is 16.2 Å². The van der Waals surface area contributed by atoms with Crippen LogP contribution in [0.15, 0.2) is 33.9 Å². The molecule has 0 heterocycles. The fraction of sp³-hybridized carbons (Fsp3) is 0.423. The van der Waals surface area contributed by atoms with Gasteiger partial charge >= 0.3 is 0 Å². The van der Waals surface area contributed by atoms with Gasteiger partial charge in [0.05, 0.1) is 0 Å². The van der Waals surface area contributed by atoms with Gasteiger partial charge < -0.3 is 21.0 Å². The van der Waals surface area contributed by atoms with Gasteiger partial charge in [0.1, 0.15) is 5.78 Å². The van der Waals surface area contributed by atoms with Gasteiger partial charge in [0.25, 0.3) is 0 Å². The summed E-state index contributed by atoms with van der Waals surface area (Å²) < 4.78 is 0. The Morgan fingerprint density at radius 1 is 1.41 bits per heavy atom. The second-order valence-corrected chi connectivity index (χ2v) is 9.64. The van der Waals surface area contributed by atoms with Crippen LogP contribution in [0.4, 0.5) is 5.69 Å². The number of carbonyl (C=O) groups excluding carboxylic acids is 3. The maximum Gasteiger partial charge on any atom is 0.211 e. The molecule has 5 rings (SSSR count). The van der Waals surface area contributed by atoms with Gasteiger partial charge in [-0.2, -0.15) is 6.08 Å². The lowest BCUT2D eigenvalue weighted by Crippen LogP contribution is -2.50. The molecule has 0 spiro atoms. The standard InChI is InChI=1S/C26H27N2O4/c1-4-5-13-7-15-8-14-9-16-12(2)6-19(28-11-29)23(30)22(16)24(31)20(14)17-10-18(26(15,17)3)21(13)25(27)32/h6,11,14-15,30H,4-5,7-9H2,1-3H3,(H2,27,32)(H,28,29)/q-1/p-1. The van der Waals surface area contributed by atoms with Crippen LogP contribution in [0.3, 0.4) is 0 Å². The highest BCUT2D eigenvalue weighted by Crippen LogP contribution is 2.65. The van der Waals surface area contributed by atoms with Crippen LogP contribution in [0.5, 0.6) is 5.75 Å². The van der Waals surface area contributed by atoms with E-state index in [0.29, 0.717) is 24.0 Å². The Balaban J connectivity index is 1.70. The molecule has 1 aromatic rings. The van der Waals surface area contributed by atoms with Crippen molar-refractivity contribution in [1.29, 1.82) is 0 Å². The molecular formula is C26H26N2O4-2. The fourth-order valence-electron chi connectivity index (χ4n) is 6.49. The van der Waals surface area contributed by atoms with Crippen molar-refractivity contribution in [2.24, 2.45) is 23.0 Å². The molecule has 1 aromatic carbocycles. The third kappa shape index (κ3) is 2.49. The number of rotatable bonds is 5. The quantitative estimate of drug-likeness (QED) is 0.552. The third-order valence-corrected chi connectivity index (χ3v) is 7.99. The number of hydrogen-bond acceptors (Lipinski definition) is 4. The van der Waals surface area contributed by atoms with Gasteiger partial charge in [-0.15, -0.1) is 16.7 Å². The molecule has 4 aliphatic rings. The number of allylic oxidation sites excluding steroid dienone is 4. The summed E-state index contributed by atoms with van der Waals surface area (Å²) in [6.45, 7) is 6.06. The Kier molecular flexibility index (Phi) is 4.49. The normalized spacial score (nSPS) is 27.7. The van der Waals surface area contributed by atoms with E-state index in [0.717, 1.165) is 53.5 Å². The molecule has 2 amide bonds. The molecule has 3 N–H and O–H groups in total. The number of hydrogen-bond donors (Lipinski definition) is 2. The zero-order chi connectivity index (χ0) is 22.9. The molecule has 6 heteroatoms. The zero-order valence-corrected chi connectivity index (χ0v) is 18.6. The van der Waals surface area contributed by atoms with Crippen molar-refractivity contribution in [1.82, 2.24) is 0 Å². The van der Waals surface area contributed by atoms with E-state index in [1.807, 2.05) is 6.92 Å². The highest BCUT2D eigenvalue weighted by Gasteiger charge is 2.51. The van der Waals surface area contributed by atoms with Gasteiger partial charge in [0.2, 0.25) is 6.41 Å². The Bertz CT molecular complexity index is 1200. The molecular weight excluding hydrogens is 404 g/mol. The van der Waals surface area contributed by atoms with Crippen molar-refractivity contribution in [2.45, 2.75) is 52.9 Å². The summed E-state index contributed by atoms with van der Waals surface area (Å²) in [5, 5.41) is 15.4. The molecule has 0 saturated carbocycles. The summed E-state index contributed by atoms with van der Waals surface area (Å²) in [7, 11) is 0. The van der Waals surface area contributed by atoms with Crippen LogP contribution in [0.1, 0.15) is 61.0 Å². The lowest BCUT2D eigenvalue weighted by Gasteiger charge is -2.63. The van der Waals surface area contributed by atoms with E-state index in [-0.39, 0.29) is 28.9 Å². The van der Waals surface area contributed by atoms with Gasteiger partial charge in [0.15, 0.2) is 5.91 Å². The molecule has 4 aliphatic carbocycles. The minimum atomic E-state index is -0.434. The van der Waals surface area contributed by atoms with Crippen molar-refractivity contribution in [3.63, 3.8) is 0 Å². The predicted molar refractivity (Wildman–Crippen MR) is 118 cm³/mol. The number of anilines is 1. The van der Waals surface area contributed by atoms with Crippen molar-refractivity contribution in [2.75, 3.05) is 5.32 Å². The number of carbonyl (C=O) groups is 3.